The molecule has 1 aliphatic heterocycles. The first kappa shape index (κ1) is 27.7. The van der Waals surface area contributed by atoms with E-state index in [2.05, 4.69) is 14.6 Å². The number of ether oxygens (including phenoxy) is 2. The summed E-state index contributed by atoms with van der Waals surface area (Å²) < 4.78 is 47.9. The summed E-state index contributed by atoms with van der Waals surface area (Å²) in [6.45, 7) is 4.09. The number of benzene rings is 3. The molecular weight excluding hydrogens is 517 g/mol. The van der Waals surface area contributed by atoms with Gasteiger partial charge < -0.3 is 14.6 Å². The van der Waals surface area contributed by atoms with E-state index in [9.17, 15) is 18.3 Å². The molecule has 1 aromatic heterocycles. The highest BCUT2D eigenvalue weighted by Crippen LogP contribution is 2.42. The highest BCUT2D eigenvalue weighted by Gasteiger charge is 2.41. The fourth-order valence-electron chi connectivity index (χ4n) is 5.27. The lowest BCUT2D eigenvalue weighted by Gasteiger charge is -2.43. The topological polar surface area (TPSA) is 54.8 Å². The molecule has 1 fully saturated rings. The summed E-state index contributed by atoms with van der Waals surface area (Å²) in [6, 6.07) is 27.2. The fourth-order valence-corrected chi connectivity index (χ4v) is 5.27. The maximum atomic E-state index is 12.7. The number of aliphatic hydroxyl groups is 1. The summed E-state index contributed by atoms with van der Waals surface area (Å²) in [5.74, 6) is 0.578. The van der Waals surface area contributed by atoms with Crippen LogP contribution in [-0.2, 0) is 6.54 Å². The zero-order valence-electron chi connectivity index (χ0n) is 22.1. The van der Waals surface area contributed by atoms with Gasteiger partial charge in [-0.2, -0.15) is 0 Å². The Morgan fingerprint density at radius 2 is 1.45 bits per heavy atom. The van der Waals surface area contributed by atoms with Gasteiger partial charge in [0, 0.05) is 37.8 Å². The Balaban J connectivity index is 1.27. The summed E-state index contributed by atoms with van der Waals surface area (Å²) in [5.41, 5.74) is 2.84. The van der Waals surface area contributed by atoms with E-state index in [0.29, 0.717) is 37.6 Å². The van der Waals surface area contributed by atoms with Gasteiger partial charge in [-0.3, -0.25) is 4.90 Å². The Kier molecular flexibility index (Phi) is 8.09. The first-order valence-electron chi connectivity index (χ1n) is 13.2. The van der Waals surface area contributed by atoms with Gasteiger partial charge in [0.1, 0.15) is 11.5 Å². The number of aromatic nitrogens is 1. The normalized spacial score (nSPS) is 16.3. The second-order valence-corrected chi connectivity index (χ2v) is 10.3. The van der Waals surface area contributed by atoms with E-state index in [1.807, 2.05) is 67.6 Å². The van der Waals surface area contributed by atoms with E-state index in [1.165, 1.54) is 12.1 Å². The van der Waals surface area contributed by atoms with Gasteiger partial charge in [-0.15, -0.1) is 13.2 Å². The Morgan fingerprint density at radius 3 is 2.02 bits per heavy atom. The lowest BCUT2D eigenvalue weighted by molar-refractivity contribution is -0.274. The van der Waals surface area contributed by atoms with Crippen molar-refractivity contribution >= 4 is 0 Å². The first-order chi connectivity index (χ1) is 19.2. The van der Waals surface area contributed by atoms with Crippen LogP contribution in [0.4, 0.5) is 13.2 Å². The number of alkyl halides is 3. The van der Waals surface area contributed by atoms with E-state index in [1.54, 1.807) is 24.4 Å². The number of hydrogen-bond donors (Lipinski definition) is 1. The maximum absolute atomic E-state index is 12.7. The minimum absolute atomic E-state index is 0.280. The lowest BCUT2D eigenvalue weighted by Crippen LogP contribution is -2.48. The first-order valence-corrected chi connectivity index (χ1v) is 13.2. The van der Waals surface area contributed by atoms with Crippen LogP contribution >= 0.6 is 0 Å². The summed E-state index contributed by atoms with van der Waals surface area (Å²) in [5, 5.41) is 12.0. The number of nitrogens with zero attached hydrogens (tertiary/aromatic N) is 2. The van der Waals surface area contributed by atoms with Gasteiger partial charge in [0.15, 0.2) is 0 Å². The number of pyridine rings is 1. The van der Waals surface area contributed by atoms with Crippen molar-refractivity contribution in [3.63, 3.8) is 0 Å². The molecule has 0 saturated carbocycles. The van der Waals surface area contributed by atoms with Gasteiger partial charge in [0.05, 0.1) is 5.60 Å². The van der Waals surface area contributed by atoms with Crippen molar-refractivity contribution in [3.05, 3.63) is 119 Å². The Hall–Kier alpha value is -3.88. The SMILES string of the molecule is Cc1ccc(C(c2ccc(OC(F)(F)F)cc2)C2(O)CCN(Cc3ccc(Oc4ccccn4)cc3)CC2)cc1. The molecule has 0 spiro atoms. The summed E-state index contributed by atoms with van der Waals surface area (Å²) in [7, 11) is 0. The van der Waals surface area contributed by atoms with E-state index in [0.717, 1.165) is 28.8 Å². The number of rotatable bonds is 8. The minimum Gasteiger partial charge on any atom is -0.439 e. The quantitative estimate of drug-likeness (QED) is 0.252. The van der Waals surface area contributed by atoms with E-state index < -0.39 is 17.9 Å². The number of piperidine rings is 1. The van der Waals surface area contributed by atoms with E-state index >= 15 is 0 Å². The van der Waals surface area contributed by atoms with Crippen LogP contribution < -0.4 is 9.47 Å². The monoisotopic (exact) mass is 548 g/mol. The summed E-state index contributed by atoms with van der Waals surface area (Å²) in [6.07, 6.45) is -2.03. The molecule has 1 unspecified atom stereocenters. The standard InChI is InChI=1S/C32H31F3N2O3/c1-23-5-9-25(10-6-23)30(26-11-15-28(16-12-26)40-32(33,34)35)31(38)17-20-37(21-18-31)22-24-7-13-27(14-8-24)39-29-4-2-3-19-36-29/h2-16,19,30,38H,17-18,20-22H2,1H3. The molecule has 1 atom stereocenters. The number of hydrogen-bond acceptors (Lipinski definition) is 5. The second-order valence-electron chi connectivity index (χ2n) is 10.3. The molecule has 0 amide bonds. The summed E-state index contributed by atoms with van der Waals surface area (Å²) >= 11 is 0. The molecule has 5 rings (SSSR count). The zero-order valence-corrected chi connectivity index (χ0v) is 22.1. The lowest BCUT2D eigenvalue weighted by atomic mass is 9.72. The molecule has 5 nitrogen and oxygen atoms in total. The van der Waals surface area contributed by atoms with Crippen molar-refractivity contribution in [1.29, 1.82) is 0 Å². The van der Waals surface area contributed by atoms with Gasteiger partial charge in [0.25, 0.3) is 0 Å². The Morgan fingerprint density at radius 1 is 0.850 bits per heavy atom. The van der Waals surface area contributed by atoms with Crippen molar-refractivity contribution < 1.29 is 27.8 Å². The smallest absolute Gasteiger partial charge is 0.439 e. The third-order valence-electron chi connectivity index (χ3n) is 7.31. The molecule has 2 heterocycles. The van der Waals surface area contributed by atoms with Gasteiger partial charge >= 0.3 is 6.36 Å². The number of likely N-dealkylation sites (tertiary alicyclic amines) is 1. The average Bonchev–Trinajstić information content (AvgIpc) is 2.93. The molecule has 1 N–H and O–H groups in total. The second kappa shape index (κ2) is 11.7. The fraction of sp³-hybridized carbons (Fsp3) is 0.281. The maximum Gasteiger partial charge on any atom is 0.573 e. The van der Waals surface area contributed by atoms with Crippen LogP contribution in [0, 0.1) is 6.92 Å². The minimum atomic E-state index is -4.75. The molecule has 0 aliphatic carbocycles. The molecule has 1 saturated heterocycles. The number of halogens is 3. The zero-order chi connectivity index (χ0) is 28.2. The predicted molar refractivity (Wildman–Crippen MR) is 146 cm³/mol. The molecule has 0 radical (unpaired) electrons. The van der Waals surface area contributed by atoms with Crippen LogP contribution in [-0.4, -0.2) is 40.0 Å². The van der Waals surface area contributed by atoms with Crippen molar-refractivity contribution in [3.8, 4) is 17.4 Å². The van der Waals surface area contributed by atoms with Gasteiger partial charge in [0.2, 0.25) is 5.88 Å². The molecule has 1 aliphatic rings. The molecule has 3 aromatic carbocycles. The van der Waals surface area contributed by atoms with Crippen LogP contribution in [0.2, 0.25) is 0 Å². The molecule has 40 heavy (non-hydrogen) atoms. The van der Waals surface area contributed by atoms with Crippen molar-refractivity contribution in [1.82, 2.24) is 9.88 Å². The van der Waals surface area contributed by atoms with Gasteiger partial charge in [-0.25, -0.2) is 4.98 Å². The Labute approximate surface area is 231 Å². The average molecular weight is 549 g/mol. The van der Waals surface area contributed by atoms with Crippen LogP contribution in [0.25, 0.3) is 0 Å². The van der Waals surface area contributed by atoms with Crippen LogP contribution in [0.15, 0.2) is 97.2 Å². The third kappa shape index (κ3) is 7.00. The summed E-state index contributed by atoms with van der Waals surface area (Å²) in [4.78, 5) is 6.48. The largest absolute Gasteiger partial charge is 0.573 e. The van der Waals surface area contributed by atoms with Crippen molar-refractivity contribution in [2.45, 2.75) is 44.2 Å². The highest BCUT2D eigenvalue weighted by atomic mass is 19.4. The molecule has 0 bridgehead atoms. The van der Waals surface area contributed by atoms with Crippen LogP contribution in [0.1, 0.15) is 41.0 Å². The van der Waals surface area contributed by atoms with Crippen molar-refractivity contribution in [2.24, 2.45) is 0 Å². The molecular formula is C32H31F3N2O3. The third-order valence-corrected chi connectivity index (χ3v) is 7.31. The molecule has 8 heteroatoms. The predicted octanol–water partition coefficient (Wildman–Crippen LogP) is 7.24. The van der Waals surface area contributed by atoms with Crippen molar-refractivity contribution in [2.75, 3.05) is 13.1 Å². The van der Waals surface area contributed by atoms with Crippen LogP contribution in [0.3, 0.4) is 0 Å². The van der Waals surface area contributed by atoms with Gasteiger partial charge in [-0.1, -0.05) is 60.2 Å². The Bertz CT molecular complexity index is 1370. The van der Waals surface area contributed by atoms with E-state index in [4.69, 9.17) is 4.74 Å². The highest BCUT2D eigenvalue weighted by molar-refractivity contribution is 5.40. The molecule has 208 valence electrons. The van der Waals surface area contributed by atoms with Gasteiger partial charge in [-0.05, 0) is 66.8 Å². The molecule has 4 aromatic rings. The number of aryl methyl sites for hydroxylation is 1. The van der Waals surface area contributed by atoms with E-state index in [-0.39, 0.29) is 5.75 Å². The van der Waals surface area contributed by atoms with Crippen LogP contribution in [0.5, 0.6) is 17.4 Å².